The number of fused-ring (bicyclic) bond motifs is 3. The van der Waals surface area contributed by atoms with Gasteiger partial charge in [0.1, 0.15) is 23.7 Å². The molecule has 0 N–H and O–H groups in total. The Kier molecular flexibility index (Phi) is 10.2. The van der Waals surface area contributed by atoms with Gasteiger partial charge < -0.3 is 18.5 Å². The molecule has 48 heavy (non-hydrogen) atoms. The number of aromatic nitrogens is 4. The maximum atomic E-state index is 6.64. The molecule has 1 aromatic carbocycles. The van der Waals surface area contributed by atoms with Gasteiger partial charge in [-0.2, -0.15) is 0 Å². The van der Waals surface area contributed by atoms with Crippen molar-refractivity contribution in [3.8, 4) is 34.6 Å². The molecule has 4 heterocycles. The molecule has 7 nitrogen and oxygen atoms in total. The van der Waals surface area contributed by atoms with Gasteiger partial charge in [0.15, 0.2) is 8.32 Å². The molecule has 0 aliphatic heterocycles. The van der Waals surface area contributed by atoms with Crippen molar-refractivity contribution >= 4 is 30.1 Å². The van der Waals surface area contributed by atoms with Crippen molar-refractivity contribution in [2.45, 2.75) is 96.1 Å². The number of hydrogen-bond donors (Lipinski definition) is 0. The fourth-order valence-electron chi connectivity index (χ4n) is 7.51. The number of unbranched alkanes of at least 4 members (excludes halogenated alkanes) is 1. The Hall–Kier alpha value is -4.19. The van der Waals surface area contributed by atoms with Crippen LogP contribution in [0.4, 0.5) is 0 Å². The molecule has 0 unspecified atom stereocenters. The molecule has 0 spiro atoms. The van der Waals surface area contributed by atoms with Crippen LogP contribution in [0.5, 0.6) is 11.6 Å². The van der Waals surface area contributed by atoms with Gasteiger partial charge in [0.2, 0.25) is 5.88 Å². The first-order chi connectivity index (χ1) is 23.2. The summed E-state index contributed by atoms with van der Waals surface area (Å²) in [6, 6.07) is 16.5. The number of pyridine rings is 3. The van der Waals surface area contributed by atoms with Crippen LogP contribution in [-0.2, 0) is 11.5 Å². The van der Waals surface area contributed by atoms with Crippen LogP contribution in [0.25, 0.3) is 32.9 Å². The van der Waals surface area contributed by atoms with Crippen LogP contribution in [0.3, 0.4) is 0 Å². The normalized spacial score (nSPS) is 16.4. The first-order valence-corrected chi connectivity index (χ1v) is 19.5. The molecular weight excluding hydrogens is 613 g/mol. The van der Waals surface area contributed by atoms with Gasteiger partial charge in [0.05, 0.1) is 11.7 Å². The van der Waals surface area contributed by atoms with E-state index in [9.17, 15) is 0 Å². The Morgan fingerprint density at radius 3 is 2.23 bits per heavy atom. The Bertz CT molecular complexity index is 1880. The number of ether oxygens (including phenoxy) is 2. The Labute approximate surface area is 286 Å². The van der Waals surface area contributed by atoms with Crippen molar-refractivity contribution in [3.63, 3.8) is 0 Å². The predicted molar refractivity (Wildman–Crippen MR) is 197 cm³/mol. The molecule has 8 heteroatoms. The van der Waals surface area contributed by atoms with E-state index >= 15 is 0 Å². The second-order valence-electron chi connectivity index (χ2n) is 14.0. The number of hydrogen-bond acceptors (Lipinski definition) is 6. The molecule has 0 amide bonds. The van der Waals surface area contributed by atoms with E-state index in [1.54, 1.807) is 6.20 Å². The van der Waals surface area contributed by atoms with Gasteiger partial charge in [-0.1, -0.05) is 59.6 Å². The van der Waals surface area contributed by atoms with E-state index in [-0.39, 0.29) is 12.2 Å². The van der Waals surface area contributed by atoms with Crippen molar-refractivity contribution in [1.82, 2.24) is 19.5 Å². The van der Waals surface area contributed by atoms with E-state index in [1.807, 2.05) is 36.8 Å². The SMILES string of the molecule is CC(C)[Si](OCCCC#Cc1ccc(O[C@H]2C[C@H](Oc3ccc(-c4ccc5c6cnccc6n(C)c5c4)cn3)C2)cn1)(C(C)C)C(C)C. The fraction of sp³-hybridized carbons (Fsp3) is 0.425. The second-order valence-corrected chi connectivity index (χ2v) is 19.4. The quantitative estimate of drug-likeness (QED) is 0.0754. The molecule has 0 saturated heterocycles. The lowest BCUT2D eigenvalue weighted by Gasteiger charge is -2.42. The first kappa shape index (κ1) is 33.7. The summed E-state index contributed by atoms with van der Waals surface area (Å²) >= 11 is 0. The van der Waals surface area contributed by atoms with Crippen LogP contribution in [0.2, 0.25) is 16.6 Å². The number of aryl methyl sites for hydroxylation is 1. The predicted octanol–water partition coefficient (Wildman–Crippen LogP) is 9.50. The Balaban J connectivity index is 0.939. The van der Waals surface area contributed by atoms with Crippen molar-refractivity contribution in [1.29, 1.82) is 0 Å². The molecule has 250 valence electrons. The molecule has 6 rings (SSSR count). The van der Waals surface area contributed by atoms with Gasteiger partial charge in [-0.15, -0.1) is 0 Å². The summed E-state index contributed by atoms with van der Waals surface area (Å²) in [4.78, 5) is 13.4. The Morgan fingerprint density at radius 2 is 1.54 bits per heavy atom. The summed E-state index contributed by atoms with van der Waals surface area (Å²) in [5.41, 5.74) is 7.09. The lowest BCUT2D eigenvalue weighted by Crippen LogP contribution is -2.47. The molecule has 1 fully saturated rings. The molecular formula is C40H48N4O3Si. The smallest absolute Gasteiger partial charge is 0.213 e. The third kappa shape index (κ3) is 6.99. The average Bonchev–Trinajstić information content (AvgIpc) is 3.35. The highest BCUT2D eigenvalue weighted by molar-refractivity contribution is 6.77. The summed E-state index contributed by atoms with van der Waals surface area (Å²) in [6.07, 6.45) is 11.0. The zero-order valence-electron chi connectivity index (χ0n) is 29.4. The largest absolute Gasteiger partial charge is 0.489 e. The number of nitrogens with zero attached hydrogens (tertiary/aromatic N) is 4. The highest BCUT2D eigenvalue weighted by Crippen LogP contribution is 2.42. The second kappa shape index (κ2) is 14.5. The molecule has 1 saturated carbocycles. The van der Waals surface area contributed by atoms with Gasteiger partial charge in [-0.3, -0.25) is 4.98 Å². The lowest BCUT2D eigenvalue weighted by molar-refractivity contribution is 0.00209. The average molecular weight is 661 g/mol. The van der Waals surface area contributed by atoms with Crippen LogP contribution in [0.15, 0.2) is 73.3 Å². The van der Waals surface area contributed by atoms with E-state index in [0.29, 0.717) is 22.5 Å². The zero-order valence-corrected chi connectivity index (χ0v) is 30.4. The minimum absolute atomic E-state index is 0.0885. The van der Waals surface area contributed by atoms with Crippen molar-refractivity contribution < 1.29 is 13.9 Å². The van der Waals surface area contributed by atoms with Crippen molar-refractivity contribution in [2.75, 3.05) is 6.61 Å². The molecule has 0 radical (unpaired) electrons. The van der Waals surface area contributed by atoms with Crippen molar-refractivity contribution in [3.05, 3.63) is 79.0 Å². The first-order valence-electron chi connectivity index (χ1n) is 17.4. The van der Waals surface area contributed by atoms with Gasteiger partial charge in [0, 0.05) is 79.4 Å². The standard InChI is InChI=1S/C40H48N4O3Si/c1-27(2)48(28(3)4,29(5)6)45-20-10-8-9-11-32-14-15-33(25-42-32)46-34-22-35(23-34)47-40-17-13-31(24-43-40)30-12-16-36-37-26-41-19-18-38(37)44(7)39(36)21-30/h12-19,21,24-29,34-35H,8,10,20,22-23H2,1-7H3/t34-,35-. The molecule has 0 bridgehead atoms. The zero-order chi connectivity index (χ0) is 33.8. The minimum atomic E-state index is -1.81. The molecule has 1 aliphatic rings. The molecule has 1 aliphatic carbocycles. The maximum absolute atomic E-state index is 6.64. The number of benzene rings is 1. The van der Waals surface area contributed by atoms with Gasteiger partial charge in [0.25, 0.3) is 0 Å². The third-order valence-electron chi connectivity index (χ3n) is 9.98. The van der Waals surface area contributed by atoms with E-state index < -0.39 is 8.32 Å². The number of rotatable bonds is 12. The topological polar surface area (TPSA) is 71.3 Å². The maximum Gasteiger partial charge on any atom is 0.213 e. The van der Waals surface area contributed by atoms with Crippen LogP contribution in [0.1, 0.15) is 72.9 Å². The fourth-order valence-corrected chi connectivity index (χ4v) is 13.0. The van der Waals surface area contributed by atoms with Gasteiger partial charge in [-0.05, 0) is 64.9 Å². The van der Waals surface area contributed by atoms with Gasteiger partial charge >= 0.3 is 0 Å². The Morgan fingerprint density at radius 1 is 0.792 bits per heavy atom. The van der Waals surface area contributed by atoms with Crippen LogP contribution in [0, 0.1) is 11.8 Å². The molecule has 0 atom stereocenters. The highest BCUT2D eigenvalue weighted by Gasteiger charge is 2.44. The summed E-state index contributed by atoms with van der Waals surface area (Å²) in [7, 11) is 0.286. The lowest BCUT2D eigenvalue weighted by atomic mass is 9.92. The van der Waals surface area contributed by atoms with Crippen LogP contribution >= 0.6 is 0 Å². The summed E-state index contributed by atoms with van der Waals surface area (Å²) < 4.78 is 21.1. The van der Waals surface area contributed by atoms with Crippen LogP contribution in [-0.4, -0.2) is 46.7 Å². The highest BCUT2D eigenvalue weighted by atomic mass is 28.4. The third-order valence-corrected chi connectivity index (χ3v) is 16.1. The molecule has 5 aromatic rings. The van der Waals surface area contributed by atoms with E-state index in [1.165, 1.54) is 21.8 Å². The van der Waals surface area contributed by atoms with Crippen molar-refractivity contribution in [2.24, 2.45) is 7.05 Å². The summed E-state index contributed by atoms with van der Waals surface area (Å²) in [6.45, 7) is 14.7. The van der Waals surface area contributed by atoms with E-state index in [2.05, 4.69) is 110 Å². The minimum Gasteiger partial charge on any atom is -0.489 e. The molecule has 4 aromatic heterocycles. The summed E-state index contributed by atoms with van der Waals surface area (Å²) in [5.74, 6) is 7.86. The van der Waals surface area contributed by atoms with Gasteiger partial charge in [-0.25, -0.2) is 9.97 Å². The van der Waals surface area contributed by atoms with Crippen LogP contribution < -0.4 is 9.47 Å². The summed E-state index contributed by atoms with van der Waals surface area (Å²) in [5, 5.41) is 2.37. The van der Waals surface area contributed by atoms with E-state index in [4.69, 9.17) is 13.9 Å². The van der Waals surface area contributed by atoms with E-state index in [0.717, 1.165) is 54.9 Å². The monoisotopic (exact) mass is 660 g/mol.